The van der Waals surface area contributed by atoms with Crippen LogP contribution in [0.4, 0.5) is 13.6 Å². The second kappa shape index (κ2) is 3.89. The number of amides is 1. The van der Waals surface area contributed by atoms with E-state index < -0.39 is 24.2 Å². The first-order chi connectivity index (χ1) is 5.60. The van der Waals surface area contributed by atoms with Crippen molar-refractivity contribution < 1.29 is 18.3 Å². The monoisotopic (exact) mass is 194 g/mol. The molecule has 0 saturated carbocycles. The third-order valence-corrected chi connectivity index (χ3v) is 0.890. The fourth-order valence-corrected chi connectivity index (χ4v) is 0.516. The van der Waals surface area contributed by atoms with E-state index in [4.69, 9.17) is 4.74 Å². The van der Waals surface area contributed by atoms with Gasteiger partial charge in [0.2, 0.25) is 0 Å². The number of rotatable bonds is 2. The third-order valence-electron chi connectivity index (χ3n) is 0.890. The quantitative estimate of drug-likeness (QED) is 0.729. The molecule has 0 bridgehead atoms. The van der Waals surface area contributed by atoms with Crippen molar-refractivity contribution in [2.24, 2.45) is 0 Å². The maximum atomic E-state index is 12.1. The molecule has 0 fully saturated rings. The Morgan fingerprint density at radius 2 is 1.92 bits per heavy atom. The molecule has 0 aromatic rings. The lowest BCUT2D eigenvalue weighted by molar-refractivity contribution is 0.0290. The van der Waals surface area contributed by atoms with Crippen LogP contribution in [0.5, 0.6) is 0 Å². The summed E-state index contributed by atoms with van der Waals surface area (Å²) in [5.74, 6) is -3.16. The molecule has 0 aromatic carbocycles. The van der Waals surface area contributed by atoms with Gasteiger partial charge in [-0.3, -0.25) is 0 Å². The number of carbonyl (C=O) groups excluding carboxylic acids is 1. The van der Waals surface area contributed by atoms with Crippen molar-refractivity contribution in [3.05, 3.63) is 6.92 Å². The van der Waals surface area contributed by atoms with Gasteiger partial charge in [-0.25, -0.2) is 13.6 Å². The van der Waals surface area contributed by atoms with Crippen LogP contribution in [0.1, 0.15) is 20.8 Å². The SMILES string of the molecule is [CH2]C(F)(F)CNC(=O)OC(C)(C)C. The Hall–Kier alpha value is -0.870. The summed E-state index contributed by atoms with van der Waals surface area (Å²) in [7, 11) is 0. The lowest BCUT2D eigenvalue weighted by atomic mass is 10.2. The van der Waals surface area contributed by atoms with Crippen LogP contribution in [0.15, 0.2) is 0 Å². The number of hydrogen-bond acceptors (Lipinski definition) is 2. The van der Waals surface area contributed by atoms with Gasteiger partial charge >= 0.3 is 6.09 Å². The molecule has 0 aliphatic heterocycles. The van der Waals surface area contributed by atoms with Crippen LogP contribution in [0.25, 0.3) is 0 Å². The van der Waals surface area contributed by atoms with Crippen molar-refractivity contribution in [2.45, 2.75) is 32.3 Å². The smallest absolute Gasteiger partial charge is 0.407 e. The maximum Gasteiger partial charge on any atom is 0.407 e. The first-order valence-electron chi connectivity index (χ1n) is 3.80. The fourth-order valence-electron chi connectivity index (χ4n) is 0.516. The molecule has 13 heavy (non-hydrogen) atoms. The normalized spacial score (nSPS) is 12.5. The molecule has 0 atom stereocenters. The molecule has 1 radical (unpaired) electrons. The van der Waals surface area contributed by atoms with Crippen molar-refractivity contribution in [1.82, 2.24) is 5.32 Å². The molecule has 1 N–H and O–H groups in total. The van der Waals surface area contributed by atoms with E-state index in [2.05, 4.69) is 6.92 Å². The fraction of sp³-hybridized carbons (Fsp3) is 0.750. The van der Waals surface area contributed by atoms with Gasteiger partial charge in [-0.2, -0.15) is 0 Å². The maximum absolute atomic E-state index is 12.1. The summed E-state index contributed by atoms with van der Waals surface area (Å²) in [5, 5.41) is 1.91. The van der Waals surface area contributed by atoms with Gasteiger partial charge in [-0.05, 0) is 20.8 Å². The number of halogens is 2. The number of nitrogens with one attached hydrogen (secondary N) is 1. The molecule has 3 nitrogen and oxygen atoms in total. The first-order valence-corrected chi connectivity index (χ1v) is 3.80. The van der Waals surface area contributed by atoms with Crippen LogP contribution in [-0.2, 0) is 4.74 Å². The zero-order valence-electron chi connectivity index (χ0n) is 7.99. The van der Waals surface area contributed by atoms with Crippen LogP contribution < -0.4 is 5.32 Å². The predicted octanol–water partition coefficient (Wildman–Crippen LogP) is 1.98. The number of hydrogen-bond donors (Lipinski definition) is 1. The molecule has 0 aromatic heterocycles. The van der Waals surface area contributed by atoms with Gasteiger partial charge in [-0.1, -0.05) is 0 Å². The van der Waals surface area contributed by atoms with Gasteiger partial charge in [-0.15, -0.1) is 0 Å². The van der Waals surface area contributed by atoms with Crippen molar-refractivity contribution in [3.63, 3.8) is 0 Å². The Bertz CT molecular complexity index is 182. The largest absolute Gasteiger partial charge is 0.444 e. The van der Waals surface area contributed by atoms with E-state index in [1.54, 1.807) is 20.8 Å². The highest BCUT2D eigenvalue weighted by atomic mass is 19.3. The number of alkyl carbamates (subject to hydrolysis) is 1. The molecule has 1 amide bonds. The second-order valence-electron chi connectivity index (χ2n) is 3.71. The Labute approximate surface area is 76.4 Å². The van der Waals surface area contributed by atoms with Crippen molar-refractivity contribution in [2.75, 3.05) is 6.54 Å². The van der Waals surface area contributed by atoms with Crippen LogP contribution in [0.2, 0.25) is 0 Å². The molecule has 0 saturated heterocycles. The van der Waals surface area contributed by atoms with Crippen molar-refractivity contribution >= 4 is 6.09 Å². The van der Waals surface area contributed by atoms with Crippen LogP contribution >= 0.6 is 0 Å². The Balaban J connectivity index is 3.78. The van der Waals surface area contributed by atoms with Crippen molar-refractivity contribution in [3.8, 4) is 0 Å². The molecule has 0 heterocycles. The van der Waals surface area contributed by atoms with Crippen LogP contribution in [0, 0.1) is 6.92 Å². The summed E-state index contributed by atoms with van der Waals surface area (Å²) >= 11 is 0. The van der Waals surface area contributed by atoms with Gasteiger partial charge in [0.25, 0.3) is 5.92 Å². The molecule has 77 valence electrons. The molecule has 0 rings (SSSR count). The average molecular weight is 194 g/mol. The Morgan fingerprint density at radius 3 is 2.23 bits per heavy atom. The lowest BCUT2D eigenvalue weighted by Crippen LogP contribution is -2.38. The summed E-state index contributed by atoms with van der Waals surface area (Å²) in [6, 6.07) is 0. The van der Waals surface area contributed by atoms with E-state index in [1.165, 1.54) is 0 Å². The minimum Gasteiger partial charge on any atom is -0.444 e. The number of ether oxygens (including phenoxy) is 1. The first kappa shape index (κ1) is 12.1. The van der Waals surface area contributed by atoms with Gasteiger partial charge in [0.1, 0.15) is 5.60 Å². The van der Waals surface area contributed by atoms with Crippen LogP contribution in [0.3, 0.4) is 0 Å². The van der Waals surface area contributed by atoms with E-state index in [0.717, 1.165) is 0 Å². The van der Waals surface area contributed by atoms with E-state index in [1.807, 2.05) is 5.32 Å². The minimum absolute atomic E-state index is 0.680. The standard InChI is InChI=1S/C8H14F2NO2/c1-7(2,3)13-6(12)11-5-8(4,9)10/h4-5H2,1-3H3,(H,11,12). The van der Waals surface area contributed by atoms with E-state index in [9.17, 15) is 13.6 Å². The van der Waals surface area contributed by atoms with Gasteiger partial charge < -0.3 is 10.1 Å². The summed E-state index contributed by atoms with van der Waals surface area (Å²) in [5.41, 5.74) is -0.680. The molecule has 0 aliphatic carbocycles. The number of alkyl halides is 2. The topological polar surface area (TPSA) is 38.3 Å². The highest BCUT2D eigenvalue weighted by Gasteiger charge is 2.24. The predicted molar refractivity (Wildman–Crippen MR) is 44.5 cm³/mol. The van der Waals surface area contributed by atoms with Gasteiger partial charge in [0.05, 0.1) is 6.54 Å². The zero-order chi connectivity index (χ0) is 10.7. The average Bonchev–Trinajstić information content (AvgIpc) is 1.78. The second-order valence-corrected chi connectivity index (χ2v) is 3.71. The molecule has 0 spiro atoms. The molecule has 0 unspecified atom stereocenters. The van der Waals surface area contributed by atoms with E-state index >= 15 is 0 Å². The van der Waals surface area contributed by atoms with E-state index in [-0.39, 0.29) is 0 Å². The molecule has 0 aliphatic rings. The summed E-state index contributed by atoms with van der Waals surface area (Å²) in [4.78, 5) is 10.8. The lowest BCUT2D eigenvalue weighted by Gasteiger charge is -2.20. The highest BCUT2D eigenvalue weighted by Crippen LogP contribution is 2.10. The van der Waals surface area contributed by atoms with E-state index in [0.29, 0.717) is 0 Å². The summed E-state index contributed by atoms with van der Waals surface area (Å²) < 4.78 is 29.0. The Morgan fingerprint density at radius 1 is 1.46 bits per heavy atom. The third kappa shape index (κ3) is 9.04. The molecular formula is C8H14F2NO2. The molecular weight excluding hydrogens is 180 g/mol. The Kier molecular flexibility index (Phi) is 3.63. The molecule has 5 heteroatoms. The number of carbonyl (C=O) groups is 1. The minimum atomic E-state index is -3.16. The van der Waals surface area contributed by atoms with Gasteiger partial charge in [0.15, 0.2) is 0 Å². The van der Waals surface area contributed by atoms with Crippen LogP contribution in [-0.4, -0.2) is 24.2 Å². The van der Waals surface area contributed by atoms with Gasteiger partial charge in [0, 0.05) is 6.92 Å². The van der Waals surface area contributed by atoms with Crippen molar-refractivity contribution in [1.29, 1.82) is 0 Å². The summed E-state index contributed by atoms with van der Waals surface area (Å²) in [6.45, 7) is 6.66. The summed E-state index contributed by atoms with van der Waals surface area (Å²) in [6.07, 6.45) is -0.865. The zero-order valence-corrected chi connectivity index (χ0v) is 7.99. The highest BCUT2D eigenvalue weighted by molar-refractivity contribution is 5.67.